The van der Waals surface area contributed by atoms with Crippen LogP contribution in [0.4, 0.5) is 0 Å². The molecule has 4 heteroatoms. The predicted octanol–water partition coefficient (Wildman–Crippen LogP) is -1.19. The van der Waals surface area contributed by atoms with Crippen LogP contribution in [-0.4, -0.2) is 11.0 Å². The molecule has 29 valence electrons. The van der Waals surface area contributed by atoms with Crippen LogP contribution in [0.5, 0.6) is 0 Å². The van der Waals surface area contributed by atoms with Gasteiger partial charge >= 0.3 is 0 Å². The van der Waals surface area contributed by atoms with Crippen molar-refractivity contribution in [2.45, 2.75) is 0 Å². The molecular weight excluding hydrogens is 194 g/mol. The second kappa shape index (κ2) is 21.6. The SMILES string of the molecule is [Fe].[Mn].[Mn].[SiH3]. The molecule has 0 rings (SSSR count). The summed E-state index contributed by atoms with van der Waals surface area (Å²) in [5.74, 6) is 0. The predicted molar refractivity (Wildman–Crippen MR) is 9.94 cm³/mol. The third-order valence-electron chi connectivity index (χ3n) is 0. The Morgan fingerprint density at radius 2 is 0.750 bits per heavy atom. The first-order valence-electron chi connectivity index (χ1n) is 0. The third-order valence-corrected chi connectivity index (χ3v) is 0. The monoisotopic (exact) mass is 197 g/mol. The van der Waals surface area contributed by atoms with Crippen molar-refractivity contribution in [3.8, 4) is 0 Å². The van der Waals surface area contributed by atoms with E-state index in [1.165, 1.54) is 0 Å². The van der Waals surface area contributed by atoms with Gasteiger partial charge in [0.25, 0.3) is 0 Å². The van der Waals surface area contributed by atoms with Crippen LogP contribution in [0, 0.1) is 0 Å². The van der Waals surface area contributed by atoms with Gasteiger partial charge in [0.1, 0.15) is 0 Å². The molecule has 0 nitrogen and oxygen atoms in total. The molecule has 0 bridgehead atoms. The average molecular weight is 197 g/mol. The molecular formula is H3FeMn2Si. The van der Waals surface area contributed by atoms with E-state index in [1.807, 2.05) is 0 Å². The Kier molecular flexibility index (Phi) is 226. The maximum absolute atomic E-state index is 0. The number of rotatable bonds is 0. The van der Waals surface area contributed by atoms with E-state index in [1.54, 1.807) is 0 Å². The van der Waals surface area contributed by atoms with Gasteiger partial charge in [0.05, 0.1) is 0 Å². The second-order valence-electron chi connectivity index (χ2n) is 0. The molecule has 4 heavy (non-hydrogen) atoms. The van der Waals surface area contributed by atoms with Gasteiger partial charge in [-0.1, -0.05) is 0 Å². The van der Waals surface area contributed by atoms with Gasteiger partial charge in [0, 0.05) is 51.2 Å². The van der Waals surface area contributed by atoms with Crippen LogP contribution in [0.1, 0.15) is 0 Å². The Hall–Kier alpha value is 1.78. The molecule has 0 aliphatic carbocycles. The normalized spacial score (nSPS) is 0. The summed E-state index contributed by atoms with van der Waals surface area (Å²) in [5.41, 5.74) is 0. The molecule has 0 saturated heterocycles. The van der Waals surface area contributed by atoms with Crippen molar-refractivity contribution < 1.29 is 51.2 Å². The van der Waals surface area contributed by atoms with E-state index in [2.05, 4.69) is 0 Å². The molecule has 0 N–H and O–H groups in total. The van der Waals surface area contributed by atoms with Crippen LogP contribution in [0.25, 0.3) is 0 Å². The van der Waals surface area contributed by atoms with E-state index >= 15 is 0 Å². The first-order chi connectivity index (χ1) is 0. The van der Waals surface area contributed by atoms with Crippen molar-refractivity contribution in [1.29, 1.82) is 0 Å². The molecule has 0 heterocycles. The second-order valence-corrected chi connectivity index (χ2v) is 0. The van der Waals surface area contributed by atoms with Crippen LogP contribution >= 0.6 is 0 Å². The van der Waals surface area contributed by atoms with Crippen molar-refractivity contribution in [2.24, 2.45) is 0 Å². The van der Waals surface area contributed by atoms with E-state index < -0.39 is 0 Å². The van der Waals surface area contributed by atoms with E-state index in [0.717, 1.165) is 0 Å². The van der Waals surface area contributed by atoms with Gasteiger partial charge in [0.15, 0.2) is 0 Å². The molecule has 0 atom stereocenters. The molecule has 0 spiro atoms. The fourth-order valence-electron chi connectivity index (χ4n) is 0. The number of hydrogen-bond donors (Lipinski definition) is 0. The average Bonchev–Trinajstić information content (AvgIpc) is 0. The molecule has 0 aromatic carbocycles. The summed E-state index contributed by atoms with van der Waals surface area (Å²) in [6.45, 7) is 0. The van der Waals surface area contributed by atoms with E-state index in [4.69, 9.17) is 0 Å². The maximum Gasteiger partial charge on any atom is 0 e. The van der Waals surface area contributed by atoms with Gasteiger partial charge in [-0.3, -0.25) is 0 Å². The van der Waals surface area contributed by atoms with Crippen molar-refractivity contribution in [2.75, 3.05) is 0 Å². The summed E-state index contributed by atoms with van der Waals surface area (Å²) in [6, 6.07) is 0. The summed E-state index contributed by atoms with van der Waals surface area (Å²) >= 11 is 0. The van der Waals surface area contributed by atoms with Gasteiger partial charge in [-0.05, 0) is 11.0 Å². The summed E-state index contributed by atoms with van der Waals surface area (Å²) in [6.07, 6.45) is 0. The smallest absolute Gasteiger partial charge is 0 e. The van der Waals surface area contributed by atoms with Gasteiger partial charge in [-0.25, -0.2) is 0 Å². The first kappa shape index (κ1) is 41.8. The fourth-order valence-corrected chi connectivity index (χ4v) is 0. The third kappa shape index (κ3) is 9.23. The number of hydrogen-bond acceptors (Lipinski definition) is 0. The molecule has 0 aromatic heterocycles. The van der Waals surface area contributed by atoms with Gasteiger partial charge in [-0.15, -0.1) is 0 Å². The largest absolute Gasteiger partial charge is 0.0125 e. The van der Waals surface area contributed by atoms with E-state index in [9.17, 15) is 0 Å². The Labute approximate surface area is 61.9 Å². The van der Waals surface area contributed by atoms with Crippen molar-refractivity contribution >= 4 is 11.0 Å². The summed E-state index contributed by atoms with van der Waals surface area (Å²) in [7, 11) is 0. The quantitative estimate of drug-likeness (QED) is 0.428. The first-order valence-corrected chi connectivity index (χ1v) is 0. The molecule has 0 saturated carbocycles. The maximum atomic E-state index is 0. The summed E-state index contributed by atoms with van der Waals surface area (Å²) in [5, 5.41) is 0. The zero-order valence-corrected chi connectivity index (χ0v) is 7.57. The zero-order valence-electron chi connectivity index (χ0n) is 2.11. The Bertz CT molecular complexity index is 6.00. The molecule has 0 fully saturated rings. The van der Waals surface area contributed by atoms with E-state index in [0.29, 0.717) is 0 Å². The minimum atomic E-state index is 0. The van der Waals surface area contributed by atoms with Crippen LogP contribution in [0.2, 0.25) is 0 Å². The van der Waals surface area contributed by atoms with Crippen molar-refractivity contribution in [1.82, 2.24) is 0 Å². The molecule has 3 radical (unpaired) electrons. The van der Waals surface area contributed by atoms with Crippen LogP contribution < -0.4 is 0 Å². The minimum absolute atomic E-state index is 0. The molecule has 0 aliphatic rings. The van der Waals surface area contributed by atoms with Crippen molar-refractivity contribution in [3.63, 3.8) is 0 Å². The summed E-state index contributed by atoms with van der Waals surface area (Å²) in [4.78, 5) is 0. The topological polar surface area (TPSA) is 0 Å². The molecule has 0 unspecified atom stereocenters. The van der Waals surface area contributed by atoms with Gasteiger partial charge in [-0.2, -0.15) is 0 Å². The van der Waals surface area contributed by atoms with Gasteiger partial charge in [0.2, 0.25) is 0 Å². The van der Waals surface area contributed by atoms with Gasteiger partial charge < -0.3 is 0 Å². The van der Waals surface area contributed by atoms with Crippen LogP contribution in [0.15, 0.2) is 0 Å². The van der Waals surface area contributed by atoms with E-state index in [-0.39, 0.29) is 62.2 Å². The molecule has 0 aliphatic heterocycles. The Morgan fingerprint density at radius 3 is 0.750 bits per heavy atom. The zero-order chi connectivity index (χ0) is 0. The van der Waals surface area contributed by atoms with Crippen molar-refractivity contribution in [3.05, 3.63) is 0 Å². The fraction of sp³-hybridized carbons (Fsp3) is 0. The Morgan fingerprint density at radius 1 is 0.750 bits per heavy atom. The standard InChI is InChI=1S/Fe.2Mn.H3Si/h;;;1H3. The molecule has 0 aromatic rings. The van der Waals surface area contributed by atoms with Crippen LogP contribution in [0.3, 0.4) is 0 Å². The molecule has 0 amide bonds. The summed E-state index contributed by atoms with van der Waals surface area (Å²) < 4.78 is 0. The minimum Gasteiger partial charge on any atom is -0.0125 e. The van der Waals surface area contributed by atoms with Crippen LogP contribution in [-0.2, 0) is 51.2 Å². The Balaban J connectivity index is 0.